The van der Waals surface area contributed by atoms with Crippen molar-refractivity contribution < 1.29 is 0 Å². The second-order valence-electron chi connectivity index (χ2n) is 5.59. The van der Waals surface area contributed by atoms with Crippen molar-refractivity contribution in [2.75, 3.05) is 5.75 Å². The monoisotopic (exact) mass is 212 g/mol. The van der Waals surface area contributed by atoms with Crippen molar-refractivity contribution in [3.63, 3.8) is 0 Å². The first kappa shape index (κ1) is 10.9. The Bertz CT molecular complexity index is 174. The van der Waals surface area contributed by atoms with Crippen LogP contribution in [0.4, 0.5) is 0 Å². The summed E-state index contributed by atoms with van der Waals surface area (Å²) in [5.41, 5.74) is 0. The molecule has 2 atom stereocenters. The quantitative estimate of drug-likeness (QED) is 0.617. The van der Waals surface area contributed by atoms with Gasteiger partial charge in [-0.3, -0.25) is 0 Å². The van der Waals surface area contributed by atoms with Crippen LogP contribution in [-0.4, -0.2) is 10.5 Å². The van der Waals surface area contributed by atoms with Crippen LogP contribution < -0.4 is 0 Å². The molecule has 2 fully saturated rings. The van der Waals surface area contributed by atoms with Gasteiger partial charge in [-0.25, -0.2) is 0 Å². The molecule has 1 saturated carbocycles. The smallest absolute Gasteiger partial charge is 0.0162 e. The van der Waals surface area contributed by atoms with Gasteiger partial charge >= 0.3 is 0 Å². The molecule has 0 radical (unpaired) electrons. The van der Waals surface area contributed by atoms with Crippen LogP contribution in [0.1, 0.15) is 58.8 Å². The van der Waals surface area contributed by atoms with Crippen LogP contribution in [0.2, 0.25) is 0 Å². The van der Waals surface area contributed by atoms with E-state index in [0.29, 0.717) is 0 Å². The van der Waals surface area contributed by atoms with Gasteiger partial charge in [0.25, 0.3) is 0 Å². The second-order valence-corrected chi connectivity index (χ2v) is 7.15. The first-order valence-corrected chi connectivity index (χ1v) is 7.34. The number of rotatable bonds is 1. The van der Waals surface area contributed by atoms with Crippen LogP contribution in [0.15, 0.2) is 0 Å². The third-order valence-electron chi connectivity index (χ3n) is 4.22. The summed E-state index contributed by atoms with van der Waals surface area (Å²) in [6.45, 7) is 4.83. The van der Waals surface area contributed by atoms with Crippen molar-refractivity contribution in [1.29, 1.82) is 0 Å². The molecule has 0 aromatic rings. The minimum Gasteiger partial charge on any atom is -0.155 e. The SMILES string of the molecule is CC(C)C1CCCC2(CCCCS2)C1. The highest BCUT2D eigenvalue weighted by molar-refractivity contribution is 8.00. The molecule has 0 aromatic carbocycles. The van der Waals surface area contributed by atoms with E-state index in [2.05, 4.69) is 25.6 Å². The van der Waals surface area contributed by atoms with Crippen molar-refractivity contribution >= 4 is 11.8 Å². The average molecular weight is 212 g/mol. The third kappa shape index (κ3) is 2.29. The van der Waals surface area contributed by atoms with E-state index in [1.54, 1.807) is 0 Å². The van der Waals surface area contributed by atoms with Crippen LogP contribution in [0.25, 0.3) is 0 Å². The van der Waals surface area contributed by atoms with E-state index in [1.165, 1.54) is 50.7 Å². The predicted molar refractivity (Wildman–Crippen MR) is 65.8 cm³/mol. The highest BCUT2D eigenvalue weighted by Gasteiger charge is 2.38. The Labute approximate surface area is 93.2 Å². The topological polar surface area (TPSA) is 0 Å². The lowest BCUT2D eigenvalue weighted by atomic mass is 9.74. The zero-order chi connectivity index (χ0) is 10.0. The van der Waals surface area contributed by atoms with Crippen LogP contribution in [-0.2, 0) is 0 Å². The molecule has 1 heteroatoms. The summed E-state index contributed by atoms with van der Waals surface area (Å²) < 4.78 is 0.728. The van der Waals surface area contributed by atoms with Crippen molar-refractivity contribution in [2.45, 2.75) is 63.5 Å². The van der Waals surface area contributed by atoms with Crippen LogP contribution in [0, 0.1) is 11.8 Å². The molecule has 1 saturated heterocycles. The molecule has 82 valence electrons. The van der Waals surface area contributed by atoms with Gasteiger partial charge in [-0.15, -0.1) is 0 Å². The first-order valence-electron chi connectivity index (χ1n) is 6.36. The molecule has 2 rings (SSSR count). The lowest BCUT2D eigenvalue weighted by Gasteiger charge is -2.44. The number of hydrogen-bond acceptors (Lipinski definition) is 1. The highest BCUT2D eigenvalue weighted by Crippen LogP contribution is 2.49. The molecule has 1 aliphatic heterocycles. The number of hydrogen-bond donors (Lipinski definition) is 0. The minimum atomic E-state index is 0.728. The van der Waals surface area contributed by atoms with Crippen LogP contribution in [0.3, 0.4) is 0 Å². The molecule has 0 amide bonds. The Balaban J connectivity index is 1.97. The van der Waals surface area contributed by atoms with E-state index >= 15 is 0 Å². The van der Waals surface area contributed by atoms with E-state index in [0.717, 1.165) is 16.6 Å². The second kappa shape index (κ2) is 4.47. The lowest BCUT2D eigenvalue weighted by Crippen LogP contribution is -2.36. The van der Waals surface area contributed by atoms with Gasteiger partial charge in [0, 0.05) is 4.75 Å². The zero-order valence-corrected chi connectivity index (χ0v) is 10.5. The Morgan fingerprint density at radius 1 is 1.14 bits per heavy atom. The van der Waals surface area contributed by atoms with Gasteiger partial charge in [-0.05, 0) is 43.3 Å². The number of thioether (sulfide) groups is 1. The third-order valence-corrected chi connectivity index (χ3v) is 5.90. The van der Waals surface area contributed by atoms with Gasteiger partial charge in [0.2, 0.25) is 0 Å². The van der Waals surface area contributed by atoms with E-state index in [-0.39, 0.29) is 0 Å². The fourth-order valence-electron chi connectivity index (χ4n) is 3.21. The van der Waals surface area contributed by atoms with Gasteiger partial charge in [0.05, 0.1) is 0 Å². The largest absolute Gasteiger partial charge is 0.155 e. The van der Waals surface area contributed by atoms with E-state index in [9.17, 15) is 0 Å². The summed E-state index contributed by atoms with van der Waals surface area (Å²) in [7, 11) is 0. The van der Waals surface area contributed by atoms with Gasteiger partial charge in [0.1, 0.15) is 0 Å². The van der Waals surface area contributed by atoms with Crippen molar-refractivity contribution in [2.24, 2.45) is 11.8 Å². The van der Waals surface area contributed by atoms with E-state index in [4.69, 9.17) is 0 Å². The normalized spacial score (nSPS) is 39.2. The van der Waals surface area contributed by atoms with E-state index < -0.39 is 0 Å². The molecule has 1 aliphatic carbocycles. The summed E-state index contributed by atoms with van der Waals surface area (Å²) in [4.78, 5) is 0. The van der Waals surface area contributed by atoms with Gasteiger partial charge in [-0.1, -0.05) is 33.1 Å². The van der Waals surface area contributed by atoms with Crippen LogP contribution in [0.5, 0.6) is 0 Å². The summed E-state index contributed by atoms with van der Waals surface area (Å²) in [6, 6.07) is 0. The molecule has 2 aliphatic rings. The molecular formula is C13H24S. The average Bonchev–Trinajstić information content (AvgIpc) is 2.19. The molecule has 1 heterocycles. The van der Waals surface area contributed by atoms with Gasteiger partial charge in [0.15, 0.2) is 0 Å². The minimum absolute atomic E-state index is 0.728. The maximum absolute atomic E-state index is 2.41. The predicted octanol–water partition coefficient (Wildman–Crippen LogP) is 4.49. The van der Waals surface area contributed by atoms with Gasteiger partial charge in [-0.2, -0.15) is 11.8 Å². The summed E-state index contributed by atoms with van der Waals surface area (Å²) in [6.07, 6.45) is 10.5. The summed E-state index contributed by atoms with van der Waals surface area (Å²) >= 11 is 2.31. The Hall–Kier alpha value is 0.350. The Morgan fingerprint density at radius 2 is 1.93 bits per heavy atom. The van der Waals surface area contributed by atoms with Gasteiger partial charge < -0.3 is 0 Å². The molecule has 0 nitrogen and oxygen atoms in total. The highest BCUT2D eigenvalue weighted by atomic mass is 32.2. The standard InChI is InChI=1S/C13H24S/c1-11(2)12-6-5-8-13(10-12)7-3-4-9-14-13/h11-12H,3-10H2,1-2H3. The molecule has 0 bridgehead atoms. The molecule has 0 N–H and O–H groups in total. The first-order chi connectivity index (χ1) is 6.72. The molecular weight excluding hydrogens is 188 g/mol. The van der Waals surface area contributed by atoms with Crippen LogP contribution >= 0.6 is 11.8 Å². The van der Waals surface area contributed by atoms with Crippen molar-refractivity contribution in [1.82, 2.24) is 0 Å². The lowest BCUT2D eigenvalue weighted by molar-refractivity contribution is 0.224. The summed E-state index contributed by atoms with van der Waals surface area (Å²) in [5, 5.41) is 0. The maximum atomic E-state index is 2.41. The van der Waals surface area contributed by atoms with Crippen molar-refractivity contribution in [3.8, 4) is 0 Å². The molecule has 1 spiro atoms. The van der Waals surface area contributed by atoms with Crippen molar-refractivity contribution in [3.05, 3.63) is 0 Å². The fraction of sp³-hybridized carbons (Fsp3) is 1.00. The summed E-state index contributed by atoms with van der Waals surface area (Å²) in [5.74, 6) is 3.37. The fourth-order valence-corrected chi connectivity index (χ4v) is 4.90. The molecule has 2 unspecified atom stereocenters. The zero-order valence-electron chi connectivity index (χ0n) is 9.72. The Morgan fingerprint density at radius 3 is 2.57 bits per heavy atom. The maximum Gasteiger partial charge on any atom is 0.0162 e. The Kier molecular flexibility index (Phi) is 3.46. The molecule has 14 heavy (non-hydrogen) atoms. The van der Waals surface area contributed by atoms with E-state index in [1.807, 2.05) is 0 Å². The molecule has 0 aromatic heterocycles.